The van der Waals surface area contributed by atoms with Gasteiger partial charge in [-0.05, 0) is 53.3 Å². The Balaban J connectivity index is 2.09. The molecule has 0 saturated carbocycles. The second-order valence-corrected chi connectivity index (χ2v) is 6.25. The smallest absolute Gasteiger partial charge is 0.212 e. The molecule has 0 saturated heterocycles. The summed E-state index contributed by atoms with van der Waals surface area (Å²) in [5.41, 5.74) is 5.11. The molecule has 0 amide bonds. The molecule has 2 heterocycles. The van der Waals surface area contributed by atoms with E-state index in [1.807, 2.05) is 12.4 Å². The summed E-state index contributed by atoms with van der Waals surface area (Å²) in [5.74, 6) is 0. The first kappa shape index (κ1) is 13.9. The molecular formula is C21H19N2+. The van der Waals surface area contributed by atoms with Crippen LogP contribution in [0.25, 0.3) is 32.8 Å². The van der Waals surface area contributed by atoms with Crippen LogP contribution in [0.5, 0.6) is 0 Å². The molecule has 2 aromatic heterocycles. The van der Waals surface area contributed by atoms with Crippen molar-refractivity contribution in [2.45, 2.75) is 13.8 Å². The Hall–Kier alpha value is -2.74. The average molecular weight is 299 g/mol. The van der Waals surface area contributed by atoms with Gasteiger partial charge < -0.3 is 0 Å². The largest absolute Gasteiger partial charge is 0.264 e. The molecule has 2 aromatic carbocycles. The van der Waals surface area contributed by atoms with Crippen molar-refractivity contribution in [3.8, 4) is 11.3 Å². The monoisotopic (exact) mass is 299 g/mol. The molecule has 4 aromatic rings. The lowest BCUT2D eigenvalue weighted by atomic mass is 9.95. The second-order valence-electron chi connectivity index (χ2n) is 6.25. The lowest BCUT2D eigenvalue weighted by molar-refractivity contribution is -0.660. The summed E-state index contributed by atoms with van der Waals surface area (Å²) < 4.78 is 2.19. The fourth-order valence-corrected chi connectivity index (χ4v) is 3.28. The van der Waals surface area contributed by atoms with Crippen LogP contribution in [0.1, 0.15) is 11.1 Å². The van der Waals surface area contributed by atoms with Gasteiger partial charge in [0.2, 0.25) is 5.69 Å². The van der Waals surface area contributed by atoms with E-state index in [1.54, 1.807) is 0 Å². The van der Waals surface area contributed by atoms with Crippen LogP contribution in [-0.4, -0.2) is 4.98 Å². The Morgan fingerprint density at radius 3 is 2.57 bits per heavy atom. The minimum Gasteiger partial charge on any atom is -0.264 e. The number of hydrogen-bond donors (Lipinski definition) is 0. The van der Waals surface area contributed by atoms with Crippen molar-refractivity contribution in [3.05, 3.63) is 72.2 Å². The zero-order chi connectivity index (χ0) is 16.0. The molecule has 2 nitrogen and oxygen atoms in total. The molecule has 0 bridgehead atoms. The first-order chi connectivity index (χ1) is 11.1. The predicted molar refractivity (Wildman–Crippen MR) is 95.3 cm³/mol. The molecule has 0 aliphatic heterocycles. The number of aryl methyl sites for hydroxylation is 3. The van der Waals surface area contributed by atoms with E-state index in [4.69, 9.17) is 0 Å². The van der Waals surface area contributed by atoms with Gasteiger partial charge in [-0.15, -0.1) is 0 Å². The number of hydrogen-bond acceptors (Lipinski definition) is 1. The Labute approximate surface area is 136 Å². The molecule has 0 fully saturated rings. The molecule has 0 aliphatic rings. The van der Waals surface area contributed by atoms with E-state index in [0.717, 1.165) is 0 Å². The molecule has 23 heavy (non-hydrogen) atoms. The molecule has 0 unspecified atom stereocenters. The summed E-state index contributed by atoms with van der Waals surface area (Å²) in [4.78, 5) is 4.24. The molecule has 0 N–H and O–H groups in total. The lowest BCUT2D eigenvalue weighted by Crippen LogP contribution is -2.30. The van der Waals surface area contributed by atoms with Gasteiger partial charge in [0, 0.05) is 35.5 Å². The Bertz CT molecular complexity index is 1050. The molecule has 0 spiro atoms. The van der Waals surface area contributed by atoms with Gasteiger partial charge in [-0.1, -0.05) is 18.2 Å². The summed E-state index contributed by atoms with van der Waals surface area (Å²) in [6.45, 7) is 4.33. The Kier molecular flexibility index (Phi) is 3.12. The third kappa shape index (κ3) is 2.27. The fraction of sp³-hybridized carbons (Fsp3) is 0.143. The third-order valence-corrected chi connectivity index (χ3v) is 4.56. The van der Waals surface area contributed by atoms with Gasteiger partial charge >= 0.3 is 0 Å². The number of fused-ring (bicyclic) bond motifs is 3. The highest BCUT2D eigenvalue weighted by Crippen LogP contribution is 2.31. The molecule has 0 radical (unpaired) electrons. The topological polar surface area (TPSA) is 16.8 Å². The van der Waals surface area contributed by atoms with E-state index in [0.29, 0.717) is 0 Å². The maximum Gasteiger partial charge on any atom is 0.212 e. The molecule has 2 heteroatoms. The van der Waals surface area contributed by atoms with E-state index in [2.05, 4.69) is 79.1 Å². The van der Waals surface area contributed by atoms with E-state index in [-0.39, 0.29) is 0 Å². The van der Waals surface area contributed by atoms with Crippen LogP contribution in [0.15, 0.2) is 61.1 Å². The van der Waals surface area contributed by atoms with Crippen molar-refractivity contribution < 1.29 is 4.57 Å². The third-order valence-electron chi connectivity index (χ3n) is 4.56. The van der Waals surface area contributed by atoms with Crippen molar-refractivity contribution in [1.82, 2.24) is 4.98 Å². The van der Waals surface area contributed by atoms with Gasteiger partial charge in [-0.2, -0.15) is 0 Å². The van der Waals surface area contributed by atoms with Gasteiger partial charge in [0.25, 0.3) is 0 Å². The van der Waals surface area contributed by atoms with Crippen LogP contribution in [0.3, 0.4) is 0 Å². The van der Waals surface area contributed by atoms with Crippen molar-refractivity contribution in [1.29, 1.82) is 0 Å². The van der Waals surface area contributed by atoms with E-state index < -0.39 is 0 Å². The van der Waals surface area contributed by atoms with E-state index in [1.165, 1.54) is 43.9 Å². The number of pyridine rings is 2. The molecule has 112 valence electrons. The number of rotatable bonds is 1. The summed E-state index contributed by atoms with van der Waals surface area (Å²) in [5, 5.41) is 5.00. The van der Waals surface area contributed by atoms with Crippen LogP contribution in [0.2, 0.25) is 0 Å². The van der Waals surface area contributed by atoms with Crippen molar-refractivity contribution in [2.75, 3.05) is 0 Å². The number of benzene rings is 2. The van der Waals surface area contributed by atoms with Crippen molar-refractivity contribution in [3.63, 3.8) is 0 Å². The SMILES string of the molecule is Cc1cc[n+](C)c(-c2cc3c(ccc4cnccc43)cc2C)c1. The summed E-state index contributed by atoms with van der Waals surface area (Å²) in [7, 11) is 2.10. The first-order valence-electron chi connectivity index (χ1n) is 7.87. The van der Waals surface area contributed by atoms with Gasteiger partial charge in [0.15, 0.2) is 6.20 Å². The van der Waals surface area contributed by atoms with E-state index in [9.17, 15) is 0 Å². The predicted octanol–water partition coefficient (Wildman–Crippen LogP) is 4.50. The van der Waals surface area contributed by atoms with Gasteiger partial charge in [-0.25, -0.2) is 4.57 Å². The zero-order valence-electron chi connectivity index (χ0n) is 13.7. The minimum absolute atomic E-state index is 1.18. The van der Waals surface area contributed by atoms with E-state index >= 15 is 0 Å². The van der Waals surface area contributed by atoms with Crippen LogP contribution in [0.4, 0.5) is 0 Å². The molecule has 0 atom stereocenters. The van der Waals surface area contributed by atoms with Crippen LogP contribution < -0.4 is 4.57 Å². The van der Waals surface area contributed by atoms with Crippen molar-refractivity contribution in [2.24, 2.45) is 7.05 Å². The summed E-state index contributed by atoms with van der Waals surface area (Å²) in [6.07, 6.45) is 5.93. The second kappa shape index (κ2) is 5.17. The minimum atomic E-state index is 1.18. The van der Waals surface area contributed by atoms with Gasteiger partial charge in [0.05, 0.1) is 0 Å². The quantitative estimate of drug-likeness (QED) is 0.373. The average Bonchev–Trinajstić information content (AvgIpc) is 2.56. The lowest BCUT2D eigenvalue weighted by Gasteiger charge is -2.10. The molecule has 4 rings (SSSR count). The molecule has 0 aliphatic carbocycles. The van der Waals surface area contributed by atoms with Crippen LogP contribution in [-0.2, 0) is 7.05 Å². The highest BCUT2D eigenvalue weighted by Gasteiger charge is 2.14. The number of nitrogens with zero attached hydrogens (tertiary/aromatic N) is 2. The van der Waals surface area contributed by atoms with Gasteiger partial charge in [-0.3, -0.25) is 4.98 Å². The maximum atomic E-state index is 4.24. The zero-order valence-corrected chi connectivity index (χ0v) is 13.7. The van der Waals surface area contributed by atoms with Crippen LogP contribution in [0, 0.1) is 13.8 Å². The van der Waals surface area contributed by atoms with Gasteiger partial charge in [0.1, 0.15) is 7.05 Å². The Morgan fingerprint density at radius 2 is 1.70 bits per heavy atom. The maximum absolute atomic E-state index is 4.24. The highest BCUT2D eigenvalue weighted by molar-refractivity contribution is 6.08. The first-order valence-corrected chi connectivity index (χ1v) is 7.87. The normalized spacial score (nSPS) is 11.3. The van der Waals surface area contributed by atoms with Crippen LogP contribution >= 0.6 is 0 Å². The Morgan fingerprint density at radius 1 is 0.870 bits per heavy atom. The standard InChI is InChI=1S/C21H19N2/c1-14-7-9-23(3)21(10-14)19-12-20-16(11-15(19)2)4-5-17-13-22-8-6-18(17)20/h4-13H,1-3H3/q+1. The number of aromatic nitrogens is 2. The summed E-state index contributed by atoms with van der Waals surface area (Å²) >= 11 is 0. The highest BCUT2D eigenvalue weighted by atomic mass is 14.9. The fourth-order valence-electron chi connectivity index (χ4n) is 3.28. The summed E-state index contributed by atoms with van der Waals surface area (Å²) in [6, 6.07) is 15.4. The van der Waals surface area contributed by atoms with Crippen molar-refractivity contribution >= 4 is 21.5 Å². The molecular weight excluding hydrogens is 280 g/mol.